The summed E-state index contributed by atoms with van der Waals surface area (Å²) in [7, 11) is 0. The largest absolute Gasteiger partial charge is 0.419 e. The topological polar surface area (TPSA) is 200 Å². The molecule has 0 spiro atoms. The molecule has 0 bridgehead atoms. The van der Waals surface area contributed by atoms with Crippen LogP contribution in [0.5, 0.6) is 0 Å². The first kappa shape index (κ1) is 69.6. The number of aryl methyl sites for hydroxylation is 1. The van der Waals surface area contributed by atoms with Crippen LogP contribution in [0, 0.1) is 0 Å². The maximum atomic E-state index is 13.5. The van der Waals surface area contributed by atoms with Gasteiger partial charge in [0.1, 0.15) is 34.2 Å². The van der Waals surface area contributed by atoms with Gasteiger partial charge in [0, 0.05) is 104 Å². The molecule has 100 heavy (non-hydrogen) atoms. The number of pyridine rings is 6. The van der Waals surface area contributed by atoms with Crippen LogP contribution in [0.4, 0.5) is 108 Å². The lowest BCUT2D eigenvalue weighted by molar-refractivity contribution is -0.138. The number of nitrogen functional groups attached to an aromatic ring is 1. The van der Waals surface area contributed by atoms with Crippen LogP contribution in [-0.4, -0.2) is 62.6 Å². The van der Waals surface area contributed by atoms with E-state index >= 15 is 0 Å². The Bertz CT molecular complexity index is 4460. The SMILES string of the molecule is FC(F)(F)c1cnc(Cl)cc1Nc1ccccn1.FC(F)(F)c1cnc(Nc2ccc3c(c2)C(C2=CCNCC2)=CC3)cc1Nc1ccccn1.FC(F)(F)c1cnc(Nc2ccc3c(c2)C(C2=CCNCC2)CC3)cc1Nc1ccccn1.Nc1ccc2c(c1)C(C1=CCCCC1)CN2. The van der Waals surface area contributed by atoms with Gasteiger partial charge in [0.05, 0.1) is 33.8 Å². The first-order valence-corrected chi connectivity index (χ1v) is 33.2. The highest BCUT2D eigenvalue weighted by molar-refractivity contribution is 6.29. The number of nitrogens with zero attached hydrogens (tertiary/aromatic N) is 6. The van der Waals surface area contributed by atoms with E-state index < -0.39 is 35.2 Å². The molecular weight excluding hydrogens is 1320 g/mol. The van der Waals surface area contributed by atoms with Crippen LogP contribution < -0.4 is 48.3 Å². The van der Waals surface area contributed by atoms with Gasteiger partial charge < -0.3 is 48.3 Å². The van der Waals surface area contributed by atoms with Gasteiger partial charge in [-0.2, -0.15) is 39.5 Å². The zero-order chi connectivity index (χ0) is 69.8. The zero-order valence-electron chi connectivity index (χ0n) is 54.0. The molecule has 2 atom stereocenters. The predicted octanol–water partition coefficient (Wildman–Crippen LogP) is 18.9. The summed E-state index contributed by atoms with van der Waals surface area (Å²) in [6.07, 6.45) is 12.8. The van der Waals surface area contributed by atoms with Gasteiger partial charge >= 0.3 is 18.5 Å². The molecular formula is C75H71ClF9N15. The fourth-order valence-corrected chi connectivity index (χ4v) is 13.1. The number of nitrogens with one attached hydrogen (secondary N) is 8. The Labute approximate surface area is 577 Å². The smallest absolute Gasteiger partial charge is 0.399 e. The fourth-order valence-electron chi connectivity index (χ4n) is 12.9. The summed E-state index contributed by atoms with van der Waals surface area (Å²) >= 11 is 5.59. The summed E-state index contributed by atoms with van der Waals surface area (Å²) in [6, 6.07) is 37.2. The molecule has 3 aromatic carbocycles. The molecule has 6 aliphatic rings. The van der Waals surface area contributed by atoms with Crippen LogP contribution in [0.15, 0.2) is 206 Å². The van der Waals surface area contributed by atoms with Crippen molar-refractivity contribution in [2.24, 2.45) is 0 Å². The molecule has 2 unspecified atom stereocenters. The summed E-state index contributed by atoms with van der Waals surface area (Å²) in [4.78, 5) is 23.5. The normalized spacial score (nSPS) is 16.8. The lowest BCUT2D eigenvalue weighted by Crippen LogP contribution is -2.22. The predicted molar refractivity (Wildman–Crippen MR) is 377 cm³/mol. The van der Waals surface area contributed by atoms with Gasteiger partial charge in [-0.05, 0) is 195 Å². The van der Waals surface area contributed by atoms with Crippen LogP contribution >= 0.6 is 11.6 Å². The van der Waals surface area contributed by atoms with Crippen molar-refractivity contribution in [3.05, 3.63) is 255 Å². The molecule has 3 aliphatic heterocycles. The standard InChI is InChI=1S/C25H24F3N5.C25H22F3N5.C14H18N2.C11H7ClF3N3/c2*26-25(27,28)21-15-31-24(14-22(21)33-23-3-1-2-10-30-23)32-18-6-4-16-5-7-19(20(16)13-18)17-8-11-29-12-9-17;15-11-6-7-14-12(8-11)13(9-16-14)10-4-2-1-3-5-10;12-9-5-8(7(6-17-9)11(13,14)15)18-10-3-1-2-4-16-10/h1-4,6,8,10,13-15,19,29H,5,7,9,11-12H2,(H2,30,31,32,33);1-4,6-8,10,13-15,29H,5,9,11-12H2,(H2,30,31,32,33);4,6-8,13,16H,1-3,5,9,15H2;1-6H,(H,16,17,18). The van der Waals surface area contributed by atoms with Crippen molar-refractivity contribution in [2.45, 2.75) is 88.2 Å². The van der Waals surface area contributed by atoms with Gasteiger partial charge in [-0.25, -0.2) is 29.9 Å². The van der Waals surface area contributed by atoms with E-state index in [4.69, 9.17) is 17.3 Å². The van der Waals surface area contributed by atoms with E-state index in [-0.39, 0.29) is 22.2 Å². The Morgan fingerprint density at radius 1 is 0.470 bits per heavy atom. The lowest BCUT2D eigenvalue weighted by atomic mass is 9.86. The first-order valence-electron chi connectivity index (χ1n) is 32.8. The zero-order valence-corrected chi connectivity index (χ0v) is 54.7. The van der Waals surface area contributed by atoms with E-state index in [1.807, 2.05) is 24.3 Å². The average molecular weight is 1390 g/mol. The van der Waals surface area contributed by atoms with Gasteiger partial charge in [-0.15, -0.1) is 0 Å². The number of rotatable bonds is 13. The lowest BCUT2D eigenvalue weighted by Gasteiger charge is -2.21. The van der Waals surface area contributed by atoms with E-state index in [0.29, 0.717) is 47.1 Å². The van der Waals surface area contributed by atoms with Crippen molar-refractivity contribution in [1.29, 1.82) is 0 Å². The van der Waals surface area contributed by atoms with Crippen molar-refractivity contribution in [1.82, 2.24) is 40.5 Å². The third-order valence-corrected chi connectivity index (χ3v) is 18.0. The van der Waals surface area contributed by atoms with Crippen LogP contribution in [0.25, 0.3) is 5.57 Å². The van der Waals surface area contributed by atoms with Crippen molar-refractivity contribution < 1.29 is 39.5 Å². The number of alkyl halides is 9. The highest BCUT2D eigenvalue weighted by Gasteiger charge is 2.37. The van der Waals surface area contributed by atoms with Gasteiger partial charge in [-0.1, -0.05) is 77.4 Å². The number of anilines is 12. The van der Waals surface area contributed by atoms with Gasteiger partial charge in [-0.3, -0.25) is 0 Å². The Hall–Kier alpha value is -10.3. The number of benzene rings is 3. The van der Waals surface area contributed by atoms with Crippen LogP contribution in [-0.2, 0) is 31.4 Å². The highest BCUT2D eigenvalue weighted by Crippen LogP contribution is 2.45. The summed E-state index contributed by atoms with van der Waals surface area (Å²) in [5, 5.41) is 24.6. The van der Waals surface area contributed by atoms with Crippen molar-refractivity contribution >= 4 is 86.1 Å². The van der Waals surface area contributed by atoms with Crippen LogP contribution in [0.1, 0.15) is 101 Å². The summed E-state index contributed by atoms with van der Waals surface area (Å²) in [5.74, 6) is 2.57. The quantitative estimate of drug-likeness (QED) is 0.0228. The van der Waals surface area contributed by atoms with Gasteiger partial charge in [0.15, 0.2) is 0 Å². The van der Waals surface area contributed by atoms with Crippen molar-refractivity contribution in [2.75, 3.05) is 70.4 Å². The molecule has 9 aromatic rings. The summed E-state index contributed by atoms with van der Waals surface area (Å²) in [6.45, 7) is 4.77. The monoisotopic (exact) mass is 1390 g/mol. The number of nitrogens with two attached hydrogens (primary N) is 1. The summed E-state index contributed by atoms with van der Waals surface area (Å²) in [5.41, 5.74) is 18.7. The van der Waals surface area contributed by atoms with E-state index in [1.54, 1.807) is 60.2 Å². The molecule has 516 valence electrons. The second-order valence-corrected chi connectivity index (χ2v) is 24.9. The van der Waals surface area contributed by atoms with Crippen LogP contribution in [0.3, 0.4) is 0 Å². The Kier molecular flexibility index (Phi) is 21.8. The number of aromatic nitrogens is 6. The molecule has 3 aliphatic carbocycles. The molecule has 0 amide bonds. The Balaban J connectivity index is 0.000000132. The van der Waals surface area contributed by atoms with Gasteiger partial charge in [0.25, 0.3) is 0 Å². The Morgan fingerprint density at radius 2 is 1.03 bits per heavy atom. The number of allylic oxidation sites excluding steroid dienone is 3. The number of halogens is 10. The maximum Gasteiger partial charge on any atom is 0.419 e. The molecule has 9 heterocycles. The van der Waals surface area contributed by atoms with Crippen molar-refractivity contribution in [3.63, 3.8) is 0 Å². The van der Waals surface area contributed by atoms with E-state index in [1.165, 1.54) is 101 Å². The number of fused-ring (bicyclic) bond motifs is 3. The third-order valence-electron chi connectivity index (χ3n) is 17.8. The minimum absolute atomic E-state index is 0.0265. The summed E-state index contributed by atoms with van der Waals surface area (Å²) < 4.78 is 119. The van der Waals surface area contributed by atoms with E-state index in [2.05, 4.69) is 127 Å². The minimum Gasteiger partial charge on any atom is -0.399 e. The van der Waals surface area contributed by atoms with E-state index in [0.717, 1.165) is 106 Å². The fraction of sp³-hybridized carbons (Fsp3) is 0.253. The van der Waals surface area contributed by atoms with Crippen LogP contribution in [0.2, 0.25) is 5.15 Å². The second kappa shape index (κ2) is 31.3. The molecule has 15 nitrogen and oxygen atoms in total. The molecule has 0 radical (unpaired) electrons. The molecule has 0 fully saturated rings. The van der Waals surface area contributed by atoms with Gasteiger partial charge in [0.2, 0.25) is 0 Å². The highest BCUT2D eigenvalue weighted by atomic mass is 35.5. The third kappa shape index (κ3) is 17.8. The van der Waals surface area contributed by atoms with Crippen molar-refractivity contribution in [3.8, 4) is 0 Å². The number of hydrogen-bond acceptors (Lipinski definition) is 15. The second-order valence-electron chi connectivity index (χ2n) is 24.5. The molecule has 25 heteroatoms. The average Bonchev–Trinajstić information content (AvgIpc) is 1.08. The van der Waals surface area contributed by atoms with E-state index in [9.17, 15) is 39.5 Å². The molecule has 6 aromatic heterocycles. The molecule has 0 saturated heterocycles. The molecule has 0 saturated carbocycles. The Morgan fingerprint density at radius 3 is 1.57 bits per heavy atom. The molecule has 10 N–H and O–H groups in total. The number of hydrogen-bond donors (Lipinski definition) is 9. The molecule has 15 rings (SSSR count). The first-order chi connectivity index (χ1) is 48.2. The maximum absolute atomic E-state index is 13.5. The minimum atomic E-state index is -4.54.